The highest BCUT2D eigenvalue weighted by atomic mass is 32.1. The van der Waals surface area contributed by atoms with Gasteiger partial charge in [-0.3, -0.25) is 4.90 Å². The first-order valence-corrected chi connectivity index (χ1v) is 8.94. The van der Waals surface area contributed by atoms with Crippen LogP contribution in [0.1, 0.15) is 16.9 Å². The van der Waals surface area contributed by atoms with Crippen molar-refractivity contribution in [2.24, 2.45) is 0 Å². The third-order valence-electron chi connectivity index (χ3n) is 4.41. The fourth-order valence-electron chi connectivity index (χ4n) is 3.18. The fraction of sp³-hybridized carbons (Fsp3) is 0.471. The maximum atomic E-state index is 13.4. The van der Waals surface area contributed by atoms with Crippen molar-refractivity contribution in [3.63, 3.8) is 0 Å². The van der Waals surface area contributed by atoms with E-state index in [1.165, 1.54) is 16.5 Å². The highest BCUT2D eigenvalue weighted by Gasteiger charge is 2.23. The average Bonchev–Trinajstić information content (AvgIpc) is 3.10. The van der Waals surface area contributed by atoms with Crippen LogP contribution in [0.3, 0.4) is 0 Å². The lowest BCUT2D eigenvalue weighted by atomic mass is 10.1. The van der Waals surface area contributed by atoms with Gasteiger partial charge in [-0.25, -0.2) is 9.37 Å². The highest BCUT2D eigenvalue weighted by molar-refractivity contribution is 7.16. The number of thiazole rings is 1. The Morgan fingerprint density at radius 3 is 3.04 bits per heavy atom. The summed E-state index contributed by atoms with van der Waals surface area (Å²) in [5, 5.41) is 4.37. The van der Waals surface area contributed by atoms with Gasteiger partial charge < -0.3 is 10.1 Å². The number of hydrogen-bond donors (Lipinski definition) is 1. The van der Waals surface area contributed by atoms with Gasteiger partial charge in [-0.05, 0) is 30.7 Å². The molecule has 1 fully saturated rings. The topological polar surface area (TPSA) is 37.4 Å². The number of nitrogens with zero attached hydrogens (tertiary/aromatic N) is 2. The molecule has 0 unspecified atom stereocenters. The van der Waals surface area contributed by atoms with Crippen molar-refractivity contribution in [2.75, 3.05) is 44.7 Å². The molecule has 122 valence electrons. The smallest absolute Gasteiger partial charge is 0.183 e. The molecule has 23 heavy (non-hydrogen) atoms. The molecule has 0 atom stereocenters. The quantitative estimate of drug-likeness (QED) is 0.729. The summed E-state index contributed by atoms with van der Waals surface area (Å²) < 4.78 is 18.8. The SMILES string of the molecule is Fc1ccc2c(c1)-c1nc(NCCCN3CCOCC3)sc1C2. The van der Waals surface area contributed by atoms with E-state index in [0.29, 0.717) is 0 Å². The molecule has 1 aliphatic carbocycles. The summed E-state index contributed by atoms with van der Waals surface area (Å²) in [7, 11) is 0. The van der Waals surface area contributed by atoms with Gasteiger partial charge in [-0.15, -0.1) is 11.3 Å². The number of halogens is 1. The number of fused-ring (bicyclic) bond motifs is 3. The fourth-order valence-corrected chi connectivity index (χ4v) is 4.20. The molecule has 2 aliphatic rings. The van der Waals surface area contributed by atoms with E-state index >= 15 is 0 Å². The molecule has 1 aliphatic heterocycles. The van der Waals surface area contributed by atoms with E-state index in [9.17, 15) is 4.39 Å². The first-order valence-electron chi connectivity index (χ1n) is 8.12. The van der Waals surface area contributed by atoms with Gasteiger partial charge in [0.05, 0.1) is 18.9 Å². The molecule has 4 rings (SSSR count). The number of nitrogens with one attached hydrogen (secondary N) is 1. The van der Waals surface area contributed by atoms with Crippen molar-refractivity contribution in [2.45, 2.75) is 12.8 Å². The van der Waals surface area contributed by atoms with Gasteiger partial charge in [-0.1, -0.05) is 6.07 Å². The van der Waals surface area contributed by atoms with Crippen LogP contribution in [-0.4, -0.2) is 49.3 Å². The van der Waals surface area contributed by atoms with Gasteiger partial charge in [-0.2, -0.15) is 0 Å². The molecule has 0 bridgehead atoms. The molecule has 0 saturated carbocycles. The van der Waals surface area contributed by atoms with E-state index in [1.54, 1.807) is 17.4 Å². The molecule has 0 radical (unpaired) electrons. The van der Waals surface area contributed by atoms with Crippen molar-refractivity contribution < 1.29 is 9.13 Å². The Balaban J connectivity index is 1.33. The molecular weight excluding hydrogens is 313 g/mol. The molecule has 2 aromatic rings. The van der Waals surface area contributed by atoms with E-state index in [1.807, 2.05) is 6.07 Å². The minimum absolute atomic E-state index is 0.190. The van der Waals surface area contributed by atoms with Crippen LogP contribution in [0.4, 0.5) is 9.52 Å². The zero-order valence-electron chi connectivity index (χ0n) is 13.0. The molecule has 1 aromatic heterocycles. The number of hydrogen-bond acceptors (Lipinski definition) is 5. The van der Waals surface area contributed by atoms with E-state index in [0.717, 1.165) is 68.6 Å². The second kappa shape index (κ2) is 6.55. The zero-order valence-corrected chi connectivity index (χ0v) is 13.8. The normalized spacial score (nSPS) is 17.1. The van der Waals surface area contributed by atoms with Crippen LogP contribution in [0.5, 0.6) is 0 Å². The first kappa shape index (κ1) is 15.1. The number of rotatable bonds is 5. The van der Waals surface area contributed by atoms with Gasteiger partial charge in [0.1, 0.15) is 5.82 Å². The lowest BCUT2D eigenvalue weighted by molar-refractivity contribution is 0.0378. The van der Waals surface area contributed by atoms with Crippen molar-refractivity contribution in [3.05, 3.63) is 34.5 Å². The summed E-state index contributed by atoms with van der Waals surface area (Å²) in [5.74, 6) is -0.190. The highest BCUT2D eigenvalue weighted by Crippen LogP contribution is 2.41. The number of aromatic nitrogens is 1. The van der Waals surface area contributed by atoms with E-state index in [-0.39, 0.29) is 5.82 Å². The maximum absolute atomic E-state index is 13.4. The monoisotopic (exact) mass is 333 g/mol. The number of ether oxygens (including phenoxy) is 1. The average molecular weight is 333 g/mol. The Bertz CT molecular complexity index is 697. The van der Waals surface area contributed by atoms with E-state index in [4.69, 9.17) is 4.74 Å². The Hall–Kier alpha value is -1.50. The summed E-state index contributed by atoms with van der Waals surface area (Å²) in [6, 6.07) is 5.00. The predicted molar refractivity (Wildman–Crippen MR) is 90.7 cm³/mol. The molecular formula is C17H20FN3OS. The minimum Gasteiger partial charge on any atom is -0.379 e. The number of morpholine rings is 1. The standard InChI is InChI=1S/C17H20FN3OS/c18-13-3-2-12-10-15-16(14(12)11-13)20-17(23-15)19-4-1-5-21-6-8-22-9-7-21/h2-3,11H,1,4-10H2,(H,19,20). The Labute approximate surface area is 139 Å². The third kappa shape index (κ3) is 3.24. The van der Waals surface area contributed by atoms with Crippen LogP contribution >= 0.6 is 11.3 Å². The van der Waals surface area contributed by atoms with Crippen LogP contribution in [0, 0.1) is 5.82 Å². The van der Waals surface area contributed by atoms with Crippen LogP contribution in [-0.2, 0) is 11.2 Å². The molecule has 6 heteroatoms. The summed E-state index contributed by atoms with van der Waals surface area (Å²) >= 11 is 1.69. The second-order valence-electron chi connectivity index (χ2n) is 6.00. The van der Waals surface area contributed by atoms with Crippen LogP contribution in [0.2, 0.25) is 0 Å². The van der Waals surface area contributed by atoms with Crippen molar-refractivity contribution >= 4 is 16.5 Å². The van der Waals surface area contributed by atoms with Crippen LogP contribution in [0.15, 0.2) is 18.2 Å². The van der Waals surface area contributed by atoms with Crippen LogP contribution in [0.25, 0.3) is 11.3 Å². The summed E-state index contributed by atoms with van der Waals surface area (Å²) in [6.07, 6.45) is 1.97. The van der Waals surface area contributed by atoms with Crippen molar-refractivity contribution in [1.82, 2.24) is 9.88 Å². The largest absolute Gasteiger partial charge is 0.379 e. The van der Waals surface area contributed by atoms with Gasteiger partial charge in [0.15, 0.2) is 5.13 Å². The van der Waals surface area contributed by atoms with E-state index in [2.05, 4.69) is 15.2 Å². The predicted octanol–water partition coefficient (Wildman–Crippen LogP) is 2.99. The van der Waals surface area contributed by atoms with Gasteiger partial charge in [0, 0.05) is 36.5 Å². The van der Waals surface area contributed by atoms with Gasteiger partial charge >= 0.3 is 0 Å². The molecule has 1 aromatic carbocycles. The second-order valence-corrected chi connectivity index (χ2v) is 7.09. The molecule has 0 amide bonds. The third-order valence-corrected chi connectivity index (χ3v) is 5.42. The van der Waals surface area contributed by atoms with Crippen molar-refractivity contribution in [1.29, 1.82) is 0 Å². The Morgan fingerprint density at radius 2 is 2.17 bits per heavy atom. The van der Waals surface area contributed by atoms with Crippen LogP contribution < -0.4 is 5.32 Å². The Morgan fingerprint density at radius 1 is 1.30 bits per heavy atom. The number of anilines is 1. The molecule has 0 spiro atoms. The first-order chi connectivity index (χ1) is 11.3. The molecule has 2 heterocycles. The maximum Gasteiger partial charge on any atom is 0.183 e. The van der Waals surface area contributed by atoms with Crippen molar-refractivity contribution in [3.8, 4) is 11.3 Å². The summed E-state index contributed by atoms with van der Waals surface area (Å²) in [4.78, 5) is 8.34. The summed E-state index contributed by atoms with van der Waals surface area (Å²) in [5.41, 5.74) is 3.09. The molecule has 1 N–H and O–H groups in total. The lowest BCUT2D eigenvalue weighted by Crippen LogP contribution is -2.37. The van der Waals surface area contributed by atoms with E-state index < -0.39 is 0 Å². The van der Waals surface area contributed by atoms with Gasteiger partial charge in [0.25, 0.3) is 0 Å². The van der Waals surface area contributed by atoms with Gasteiger partial charge in [0.2, 0.25) is 0 Å². The molecule has 1 saturated heterocycles. The Kier molecular flexibility index (Phi) is 4.29. The lowest BCUT2D eigenvalue weighted by Gasteiger charge is -2.26. The zero-order chi connectivity index (χ0) is 15.6. The molecule has 4 nitrogen and oxygen atoms in total. The summed E-state index contributed by atoms with van der Waals surface area (Å²) in [6.45, 7) is 5.78. The minimum atomic E-state index is -0.190. The number of benzene rings is 1.